The molecule has 0 unspecified atom stereocenters. The number of carbonyl (C=O) groups is 1. The van der Waals surface area contributed by atoms with E-state index in [2.05, 4.69) is 5.32 Å². The molecule has 1 aliphatic rings. The van der Waals surface area contributed by atoms with Crippen molar-refractivity contribution in [1.82, 2.24) is 0 Å². The molecule has 1 aliphatic carbocycles. The molecule has 0 amide bonds. The normalized spacial score (nSPS) is 17.8. The summed E-state index contributed by atoms with van der Waals surface area (Å²) in [7, 11) is 0. The van der Waals surface area contributed by atoms with Gasteiger partial charge in [0.15, 0.2) is 5.88 Å². The van der Waals surface area contributed by atoms with E-state index < -0.39 is 5.97 Å². The zero-order chi connectivity index (χ0) is 10.2. The van der Waals surface area contributed by atoms with Crippen LogP contribution in [-0.2, 0) is 0 Å². The Morgan fingerprint density at radius 3 is 2.71 bits per heavy atom. The molecule has 0 spiro atoms. The van der Waals surface area contributed by atoms with Gasteiger partial charge in [0.2, 0.25) is 5.76 Å². The molecule has 0 aromatic carbocycles. The molecule has 0 radical (unpaired) electrons. The second-order valence-electron chi connectivity index (χ2n) is 3.53. The highest BCUT2D eigenvalue weighted by Gasteiger charge is 2.42. The lowest BCUT2D eigenvalue weighted by atomic mass is 10.3. The SMILES string of the molecule is O=C(O)c1ccc(NC2(CO)CC2)o1. The van der Waals surface area contributed by atoms with Crippen molar-refractivity contribution in [2.45, 2.75) is 18.4 Å². The lowest BCUT2D eigenvalue weighted by molar-refractivity contribution is 0.0663. The zero-order valence-electron chi connectivity index (χ0n) is 7.49. The Kier molecular flexibility index (Phi) is 1.96. The zero-order valence-corrected chi connectivity index (χ0v) is 7.49. The monoisotopic (exact) mass is 197 g/mol. The van der Waals surface area contributed by atoms with E-state index in [1.807, 2.05) is 0 Å². The molecule has 3 N–H and O–H groups in total. The smallest absolute Gasteiger partial charge is 0.371 e. The Morgan fingerprint density at radius 2 is 2.29 bits per heavy atom. The molecule has 0 saturated heterocycles. The van der Waals surface area contributed by atoms with Crippen molar-refractivity contribution in [2.75, 3.05) is 11.9 Å². The van der Waals surface area contributed by atoms with Gasteiger partial charge < -0.3 is 19.9 Å². The van der Waals surface area contributed by atoms with E-state index in [9.17, 15) is 4.79 Å². The molecule has 76 valence electrons. The first kappa shape index (κ1) is 9.08. The molecule has 0 aliphatic heterocycles. The van der Waals surface area contributed by atoms with Gasteiger partial charge in [-0.1, -0.05) is 0 Å². The van der Waals surface area contributed by atoms with Crippen molar-refractivity contribution in [1.29, 1.82) is 0 Å². The molecule has 14 heavy (non-hydrogen) atoms. The van der Waals surface area contributed by atoms with Gasteiger partial charge in [-0.3, -0.25) is 0 Å². The molecule has 1 aromatic heterocycles. The largest absolute Gasteiger partial charge is 0.475 e. The van der Waals surface area contributed by atoms with Crippen LogP contribution >= 0.6 is 0 Å². The summed E-state index contributed by atoms with van der Waals surface area (Å²) in [5, 5.41) is 20.6. The highest BCUT2D eigenvalue weighted by Crippen LogP contribution is 2.38. The van der Waals surface area contributed by atoms with E-state index in [1.165, 1.54) is 6.07 Å². The van der Waals surface area contributed by atoms with E-state index >= 15 is 0 Å². The Bertz CT molecular complexity index is 353. The predicted octanol–water partition coefficient (Wildman–Crippen LogP) is 0.915. The van der Waals surface area contributed by atoms with Gasteiger partial charge in [0.1, 0.15) is 0 Å². The summed E-state index contributed by atoms with van der Waals surface area (Å²) in [4.78, 5) is 10.5. The molecular weight excluding hydrogens is 186 g/mol. The summed E-state index contributed by atoms with van der Waals surface area (Å²) < 4.78 is 5.00. The van der Waals surface area contributed by atoms with Crippen LogP contribution in [-0.4, -0.2) is 28.3 Å². The maximum Gasteiger partial charge on any atom is 0.371 e. The van der Waals surface area contributed by atoms with Gasteiger partial charge in [-0.15, -0.1) is 0 Å². The standard InChI is InChI=1S/C9H11NO4/c11-5-9(3-4-9)10-7-2-1-6(14-7)8(12)13/h1-2,10-11H,3-5H2,(H,12,13). The number of hydrogen-bond donors (Lipinski definition) is 3. The summed E-state index contributed by atoms with van der Waals surface area (Å²) in [6.07, 6.45) is 1.76. The van der Waals surface area contributed by atoms with Crippen LogP contribution in [0.15, 0.2) is 16.5 Å². The highest BCUT2D eigenvalue weighted by molar-refractivity contribution is 5.84. The molecule has 0 atom stereocenters. The van der Waals surface area contributed by atoms with Crippen LogP contribution in [0.25, 0.3) is 0 Å². The molecule has 2 rings (SSSR count). The lowest BCUT2D eigenvalue weighted by Gasteiger charge is -2.12. The summed E-state index contributed by atoms with van der Waals surface area (Å²) in [5.74, 6) is -0.790. The van der Waals surface area contributed by atoms with Crippen molar-refractivity contribution in [3.8, 4) is 0 Å². The van der Waals surface area contributed by atoms with Crippen molar-refractivity contribution in [3.63, 3.8) is 0 Å². The van der Waals surface area contributed by atoms with Crippen LogP contribution in [0.2, 0.25) is 0 Å². The minimum Gasteiger partial charge on any atom is -0.475 e. The Hall–Kier alpha value is -1.49. The number of hydrogen-bond acceptors (Lipinski definition) is 4. The maximum atomic E-state index is 10.5. The van der Waals surface area contributed by atoms with Crippen molar-refractivity contribution < 1.29 is 19.4 Å². The number of rotatable bonds is 4. The molecule has 5 heteroatoms. The minimum atomic E-state index is -1.09. The maximum absolute atomic E-state index is 10.5. The van der Waals surface area contributed by atoms with Gasteiger partial charge >= 0.3 is 5.97 Å². The number of aromatic carboxylic acids is 1. The fraction of sp³-hybridized carbons (Fsp3) is 0.444. The van der Waals surface area contributed by atoms with Crippen LogP contribution in [0, 0.1) is 0 Å². The number of furan rings is 1. The van der Waals surface area contributed by atoms with E-state index in [4.69, 9.17) is 14.6 Å². The third kappa shape index (κ3) is 1.58. The van der Waals surface area contributed by atoms with Gasteiger partial charge in [-0.25, -0.2) is 4.79 Å². The fourth-order valence-electron chi connectivity index (χ4n) is 1.25. The van der Waals surface area contributed by atoms with Crippen LogP contribution in [0.3, 0.4) is 0 Å². The van der Waals surface area contributed by atoms with Crippen LogP contribution in [0.1, 0.15) is 23.4 Å². The Balaban J connectivity index is 2.07. The fourth-order valence-corrected chi connectivity index (χ4v) is 1.25. The average Bonchev–Trinajstić information content (AvgIpc) is 2.75. The third-order valence-corrected chi connectivity index (χ3v) is 2.36. The molecule has 1 fully saturated rings. The van der Waals surface area contributed by atoms with Crippen LogP contribution in [0.4, 0.5) is 5.88 Å². The third-order valence-electron chi connectivity index (χ3n) is 2.36. The summed E-state index contributed by atoms with van der Waals surface area (Å²) in [6.45, 7) is 0.0378. The van der Waals surface area contributed by atoms with E-state index in [1.54, 1.807) is 6.07 Å². The quantitative estimate of drug-likeness (QED) is 0.668. The number of anilines is 1. The van der Waals surface area contributed by atoms with Crippen molar-refractivity contribution in [2.24, 2.45) is 0 Å². The van der Waals surface area contributed by atoms with Gasteiger partial charge in [0.05, 0.1) is 12.1 Å². The highest BCUT2D eigenvalue weighted by atomic mass is 16.4. The summed E-state index contributed by atoms with van der Waals surface area (Å²) in [6, 6.07) is 2.94. The van der Waals surface area contributed by atoms with Gasteiger partial charge in [-0.2, -0.15) is 0 Å². The molecule has 5 nitrogen and oxygen atoms in total. The lowest BCUT2D eigenvalue weighted by Crippen LogP contribution is -2.25. The van der Waals surface area contributed by atoms with Gasteiger partial charge in [0.25, 0.3) is 0 Å². The number of carboxylic acids is 1. The van der Waals surface area contributed by atoms with Crippen molar-refractivity contribution >= 4 is 11.9 Å². The molecule has 1 heterocycles. The molecule has 1 aromatic rings. The van der Waals surface area contributed by atoms with Crippen LogP contribution in [0.5, 0.6) is 0 Å². The predicted molar refractivity (Wildman–Crippen MR) is 48.3 cm³/mol. The summed E-state index contributed by atoms with van der Waals surface area (Å²) in [5.41, 5.74) is -0.284. The van der Waals surface area contributed by atoms with Crippen LogP contribution < -0.4 is 5.32 Å². The first-order valence-corrected chi connectivity index (χ1v) is 4.37. The second-order valence-corrected chi connectivity index (χ2v) is 3.53. The number of aliphatic hydroxyl groups is 1. The van der Waals surface area contributed by atoms with E-state index in [0.29, 0.717) is 5.88 Å². The second kappa shape index (κ2) is 3.02. The Labute approximate surface area is 80.3 Å². The first-order valence-electron chi connectivity index (χ1n) is 4.37. The van der Waals surface area contributed by atoms with Crippen molar-refractivity contribution in [3.05, 3.63) is 17.9 Å². The number of nitrogens with one attached hydrogen (secondary N) is 1. The number of carboxylic acid groups (broad SMARTS) is 1. The van der Waals surface area contributed by atoms with Gasteiger partial charge in [0, 0.05) is 6.07 Å². The topological polar surface area (TPSA) is 82.7 Å². The first-order chi connectivity index (χ1) is 6.65. The van der Waals surface area contributed by atoms with E-state index in [-0.39, 0.29) is 17.9 Å². The van der Waals surface area contributed by atoms with Gasteiger partial charge in [-0.05, 0) is 18.9 Å². The average molecular weight is 197 g/mol. The molecule has 0 bridgehead atoms. The van der Waals surface area contributed by atoms with E-state index in [0.717, 1.165) is 12.8 Å². The number of aliphatic hydroxyl groups excluding tert-OH is 1. The minimum absolute atomic E-state index is 0.0378. The Morgan fingerprint density at radius 1 is 1.57 bits per heavy atom. The molecular formula is C9H11NO4. The molecule has 1 saturated carbocycles. The summed E-state index contributed by atoms with van der Waals surface area (Å²) >= 11 is 0.